The van der Waals surface area contributed by atoms with Crippen LogP contribution in [0.3, 0.4) is 0 Å². The molecule has 0 heterocycles. The number of hydrogen-bond donors (Lipinski definition) is 2. The molecule has 0 aliphatic heterocycles. The van der Waals surface area contributed by atoms with Crippen LogP contribution >= 0.6 is 12.2 Å². The Hall–Kier alpha value is -2.60. The number of hydrogen-bond acceptors (Lipinski definition) is 4. The Bertz CT molecular complexity index is 730. The van der Waals surface area contributed by atoms with E-state index in [0.717, 1.165) is 23.6 Å². The number of benzene rings is 2. The Morgan fingerprint density at radius 3 is 2.26 bits per heavy atom. The minimum atomic E-state index is -0.268. The molecule has 0 saturated carbocycles. The van der Waals surface area contributed by atoms with Crippen molar-refractivity contribution in [1.29, 1.82) is 0 Å². The third-order valence-electron chi connectivity index (χ3n) is 3.96. The summed E-state index contributed by atoms with van der Waals surface area (Å²) < 4.78 is 10.8. The van der Waals surface area contributed by atoms with Crippen LogP contribution in [0, 0.1) is 0 Å². The Labute approximate surface area is 166 Å². The van der Waals surface area contributed by atoms with Crippen molar-refractivity contribution in [3.63, 3.8) is 0 Å². The second-order valence-electron chi connectivity index (χ2n) is 6.07. The Balaban J connectivity index is 1.79. The average Bonchev–Trinajstić information content (AvgIpc) is 2.68. The van der Waals surface area contributed by atoms with Gasteiger partial charge in [0.1, 0.15) is 11.5 Å². The van der Waals surface area contributed by atoms with Crippen molar-refractivity contribution in [1.82, 2.24) is 5.32 Å². The third-order valence-corrected chi connectivity index (χ3v) is 4.16. The lowest BCUT2D eigenvalue weighted by molar-refractivity contribution is 0.0977. The molecule has 0 unspecified atom stereocenters. The van der Waals surface area contributed by atoms with E-state index in [2.05, 4.69) is 17.6 Å². The monoisotopic (exact) mass is 386 g/mol. The molecule has 0 spiro atoms. The zero-order valence-corrected chi connectivity index (χ0v) is 16.6. The summed E-state index contributed by atoms with van der Waals surface area (Å²) in [6.45, 7) is 2.88. The van der Waals surface area contributed by atoms with Crippen molar-refractivity contribution in [2.45, 2.75) is 32.6 Å². The number of amides is 1. The minimum absolute atomic E-state index is 0.237. The van der Waals surface area contributed by atoms with E-state index >= 15 is 0 Å². The second-order valence-corrected chi connectivity index (χ2v) is 6.48. The number of unbranched alkanes of at least 4 members (excludes halogenated alkanes) is 3. The molecule has 0 aliphatic carbocycles. The summed E-state index contributed by atoms with van der Waals surface area (Å²) in [4.78, 5) is 12.3. The first kappa shape index (κ1) is 20.7. The first-order chi connectivity index (χ1) is 13.1. The fourth-order valence-corrected chi connectivity index (χ4v) is 2.64. The van der Waals surface area contributed by atoms with Crippen LogP contribution in [0.15, 0.2) is 48.5 Å². The molecule has 2 aromatic carbocycles. The summed E-state index contributed by atoms with van der Waals surface area (Å²) >= 11 is 5.19. The van der Waals surface area contributed by atoms with Gasteiger partial charge in [-0.05, 0) is 67.2 Å². The highest BCUT2D eigenvalue weighted by molar-refractivity contribution is 7.80. The highest BCUT2D eigenvalue weighted by Gasteiger charge is 2.08. The summed E-state index contributed by atoms with van der Waals surface area (Å²) in [6, 6.07) is 14.3. The van der Waals surface area contributed by atoms with E-state index in [1.54, 1.807) is 31.4 Å². The molecule has 6 heteroatoms. The molecular formula is C21H26N2O3S. The van der Waals surface area contributed by atoms with Gasteiger partial charge >= 0.3 is 0 Å². The van der Waals surface area contributed by atoms with Gasteiger partial charge in [-0.25, -0.2) is 0 Å². The van der Waals surface area contributed by atoms with Crippen LogP contribution in [0.2, 0.25) is 0 Å². The van der Waals surface area contributed by atoms with Gasteiger partial charge in [-0.3, -0.25) is 10.1 Å². The second kappa shape index (κ2) is 11.2. The predicted molar refractivity (Wildman–Crippen MR) is 113 cm³/mol. The van der Waals surface area contributed by atoms with Crippen molar-refractivity contribution in [2.24, 2.45) is 0 Å². The normalized spacial score (nSPS) is 10.1. The first-order valence-electron chi connectivity index (χ1n) is 9.11. The van der Waals surface area contributed by atoms with Crippen molar-refractivity contribution in [3.05, 3.63) is 54.1 Å². The minimum Gasteiger partial charge on any atom is -0.497 e. The van der Waals surface area contributed by atoms with Crippen LogP contribution in [0.5, 0.6) is 11.5 Å². The molecule has 144 valence electrons. The van der Waals surface area contributed by atoms with Crippen molar-refractivity contribution in [2.75, 3.05) is 19.0 Å². The number of thiocarbonyl (C=S) groups is 1. The van der Waals surface area contributed by atoms with Gasteiger partial charge in [0.05, 0.1) is 13.7 Å². The molecule has 0 bridgehead atoms. The van der Waals surface area contributed by atoms with E-state index in [0.29, 0.717) is 12.2 Å². The Morgan fingerprint density at radius 1 is 0.963 bits per heavy atom. The first-order valence-corrected chi connectivity index (χ1v) is 9.52. The zero-order chi connectivity index (χ0) is 19.5. The molecule has 0 saturated heterocycles. The molecule has 2 N–H and O–H groups in total. The molecule has 0 radical (unpaired) electrons. The summed E-state index contributed by atoms with van der Waals surface area (Å²) in [5.41, 5.74) is 1.29. The topological polar surface area (TPSA) is 59.6 Å². The van der Waals surface area contributed by atoms with E-state index in [-0.39, 0.29) is 11.0 Å². The maximum absolute atomic E-state index is 12.3. The van der Waals surface area contributed by atoms with E-state index in [1.165, 1.54) is 19.3 Å². The van der Waals surface area contributed by atoms with E-state index in [4.69, 9.17) is 21.7 Å². The van der Waals surface area contributed by atoms with Gasteiger partial charge in [-0.15, -0.1) is 0 Å². The molecule has 0 aromatic heterocycles. The number of nitrogens with one attached hydrogen (secondary N) is 2. The van der Waals surface area contributed by atoms with Crippen LogP contribution in [-0.4, -0.2) is 24.7 Å². The lowest BCUT2D eigenvalue weighted by Crippen LogP contribution is -2.34. The number of methoxy groups -OCH3 is 1. The molecule has 0 aliphatic rings. The Morgan fingerprint density at radius 2 is 1.63 bits per heavy atom. The van der Waals surface area contributed by atoms with Crippen LogP contribution in [0.1, 0.15) is 43.0 Å². The van der Waals surface area contributed by atoms with Crippen LogP contribution < -0.4 is 20.1 Å². The maximum Gasteiger partial charge on any atom is 0.257 e. The largest absolute Gasteiger partial charge is 0.497 e. The van der Waals surface area contributed by atoms with Gasteiger partial charge in [0.25, 0.3) is 5.91 Å². The fraction of sp³-hybridized carbons (Fsp3) is 0.333. The average molecular weight is 387 g/mol. The zero-order valence-electron chi connectivity index (χ0n) is 15.8. The summed E-state index contributed by atoms with van der Waals surface area (Å²) in [5, 5.41) is 5.87. The number of carbonyl (C=O) groups excluding carboxylic acids is 1. The SMILES string of the molecule is CCCCCCOc1ccc(C(=O)NC(=S)Nc2ccc(OC)cc2)cc1. The van der Waals surface area contributed by atoms with Gasteiger partial charge in [0.2, 0.25) is 0 Å². The summed E-state index contributed by atoms with van der Waals surface area (Å²) in [5.74, 6) is 1.25. The van der Waals surface area contributed by atoms with Gasteiger partial charge in [-0.2, -0.15) is 0 Å². The quantitative estimate of drug-likeness (QED) is 0.480. The third kappa shape index (κ3) is 7.27. The molecule has 1 amide bonds. The molecule has 0 fully saturated rings. The number of rotatable bonds is 9. The van der Waals surface area contributed by atoms with Crippen molar-refractivity contribution >= 4 is 28.9 Å². The smallest absolute Gasteiger partial charge is 0.257 e. The van der Waals surface area contributed by atoms with Gasteiger partial charge in [-0.1, -0.05) is 26.2 Å². The van der Waals surface area contributed by atoms with Crippen molar-refractivity contribution in [3.8, 4) is 11.5 Å². The van der Waals surface area contributed by atoms with E-state index in [9.17, 15) is 4.79 Å². The summed E-state index contributed by atoms with van der Waals surface area (Å²) in [7, 11) is 1.61. The van der Waals surface area contributed by atoms with Gasteiger partial charge in [0.15, 0.2) is 5.11 Å². The van der Waals surface area contributed by atoms with Gasteiger partial charge in [0, 0.05) is 11.3 Å². The van der Waals surface area contributed by atoms with Crippen LogP contribution in [0.25, 0.3) is 0 Å². The highest BCUT2D eigenvalue weighted by atomic mass is 32.1. The van der Waals surface area contributed by atoms with Crippen LogP contribution in [0.4, 0.5) is 5.69 Å². The Kier molecular flexibility index (Phi) is 8.58. The van der Waals surface area contributed by atoms with Crippen LogP contribution in [-0.2, 0) is 0 Å². The van der Waals surface area contributed by atoms with Gasteiger partial charge < -0.3 is 14.8 Å². The molecule has 2 rings (SSSR count). The summed E-state index contributed by atoms with van der Waals surface area (Å²) in [6.07, 6.45) is 4.66. The fourth-order valence-electron chi connectivity index (χ4n) is 2.43. The van der Waals surface area contributed by atoms with E-state index < -0.39 is 0 Å². The molecule has 2 aromatic rings. The lowest BCUT2D eigenvalue weighted by atomic mass is 10.2. The molecular weight excluding hydrogens is 360 g/mol. The van der Waals surface area contributed by atoms with E-state index in [1.807, 2.05) is 24.3 Å². The molecule has 0 atom stereocenters. The number of carbonyl (C=O) groups is 1. The molecule has 27 heavy (non-hydrogen) atoms. The predicted octanol–water partition coefficient (Wildman–Crippen LogP) is 4.78. The van der Waals surface area contributed by atoms with Crippen molar-refractivity contribution < 1.29 is 14.3 Å². The number of ether oxygens (including phenoxy) is 2. The standard InChI is InChI=1S/C21H26N2O3S/c1-3-4-5-6-15-26-19-11-7-16(8-12-19)20(24)23-21(27)22-17-9-13-18(25-2)14-10-17/h7-14H,3-6,15H2,1-2H3,(H2,22,23,24,27). The molecule has 5 nitrogen and oxygen atoms in total. The number of anilines is 1. The highest BCUT2D eigenvalue weighted by Crippen LogP contribution is 2.15. The maximum atomic E-state index is 12.3. The lowest BCUT2D eigenvalue weighted by Gasteiger charge is -2.11.